The highest BCUT2D eigenvalue weighted by Crippen LogP contribution is 2.30. The zero-order chi connectivity index (χ0) is 25.8. The number of rotatable bonds is 9. The van der Waals surface area contributed by atoms with Crippen LogP contribution in [-0.4, -0.2) is 61.5 Å². The van der Waals surface area contributed by atoms with Gasteiger partial charge in [0.2, 0.25) is 11.1 Å². The number of likely N-dealkylation sites (tertiary alicyclic amines) is 1. The average Bonchev–Trinajstić information content (AvgIpc) is 3.19. The molecule has 0 saturated carbocycles. The van der Waals surface area contributed by atoms with Crippen LogP contribution < -0.4 is 5.32 Å². The van der Waals surface area contributed by atoms with Gasteiger partial charge in [0, 0.05) is 31.1 Å². The Morgan fingerprint density at radius 1 is 1.16 bits per heavy atom. The number of nitrogens with zero attached hydrogens (tertiary/aromatic N) is 5. The van der Waals surface area contributed by atoms with Crippen LogP contribution in [0.15, 0.2) is 53.7 Å². The van der Waals surface area contributed by atoms with Gasteiger partial charge in [-0.05, 0) is 64.3 Å². The van der Waals surface area contributed by atoms with E-state index in [2.05, 4.69) is 81.3 Å². The Morgan fingerprint density at radius 2 is 2.00 bits per heavy atom. The van der Waals surface area contributed by atoms with E-state index in [9.17, 15) is 4.79 Å². The minimum absolute atomic E-state index is 0.0147. The maximum atomic E-state index is 12.8. The van der Waals surface area contributed by atoms with Gasteiger partial charge in [0.25, 0.3) is 0 Å². The standard InChI is InChI=1S/C29H36N6OS/c1-20-13-14-25-24(18-20)26-27(35(25)19-23-11-5-4-6-12-23)31-29(33-32-26)37-22(3)28(36)30-15-9-17-34-16-8-7-10-21(34)2/h4-6,11-14,18,21-22H,7-10,15-17,19H2,1-3H3,(H,30,36). The molecule has 1 saturated heterocycles. The number of aromatic nitrogens is 4. The van der Waals surface area contributed by atoms with Crippen LogP contribution in [0.4, 0.5) is 0 Å². The predicted octanol–water partition coefficient (Wildman–Crippen LogP) is 5.20. The summed E-state index contributed by atoms with van der Waals surface area (Å²) in [5.74, 6) is 0.0147. The van der Waals surface area contributed by atoms with Gasteiger partial charge in [0.1, 0.15) is 5.52 Å². The number of fused-ring (bicyclic) bond motifs is 3. The zero-order valence-electron chi connectivity index (χ0n) is 22.0. The summed E-state index contributed by atoms with van der Waals surface area (Å²) in [6.45, 7) is 9.89. The number of nitrogens with one attached hydrogen (secondary N) is 1. The first-order valence-electron chi connectivity index (χ1n) is 13.3. The van der Waals surface area contributed by atoms with Crippen molar-refractivity contribution in [2.75, 3.05) is 19.6 Å². The molecule has 37 heavy (non-hydrogen) atoms. The fourth-order valence-corrected chi connectivity index (χ4v) is 5.90. The molecule has 1 N–H and O–H groups in total. The van der Waals surface area contributed by atoms with Gasteiger partial charge in [-0.25, -0.2) is 4.98 Å². The average molecular weight is 517 g/mol. The van der Waals surface area contributed by atoms with E-state index in [0.717, 1.165) is 35.0 Å². The van der Waals surface area contributed by atoms with Gasteiger partial charge < -0.3 is 14.8 Å². The second-order valence-corrected chi connectivity index (χ2v) is 11.5. The van der Waals surface area contributed by atoms with Crippen molar-refractivity contribution in [3.8, 4) is 0 Å². The number of thioether (sulfide) groups is 1. The molecule has 7 nitrogen and oxygen atoms in total. The molecule has 0 spiro atoms. The Morgan fingerprint density at radius 3 is 2.81 bits per heavy atom. The van der Waals surface area contributed by atoms with Crippen molar-refractivity contribution < 1.29 is 4.79 Å². The van der Waals surface area contributed by atoms with Gasteiger partial charge in [-0.15, -0.1) is 10.2 Å². The molecule has 1 fully saturated rings. The molecular formula is C29H36N6OS. The lowest BCUT2D eigenvalue weighted by Gasteiger charge is -2.33. The van der Waals surface area contributed by atoms with Crippen molar-refractivity contribution >= 4 is 39.7 Å². The van der Waals surface area contributed by atoms with E-state index in [0.29, 0.717) is 24.3 Å². The highest BCUT2D eigenvalue weighted by molar-refractivity contribution is 8.00. The third-order valence-corrected chi connectivity index (χ3v) is 8.25. The normalized spacial score (nSPS) is 17.3. The van der Waals surface area contributed by atoms with E-state index in [4.69, 9.17) is 4.98 Å². The summed E-state index contributed by atoms with van der Waals surface area (Å²) in [6, 6.07) is 17.4. The molecular weight excluding hydrogens is 480 g/mol. The fourth-order valence-electron chi connectivity index (χ4n) is 5.17. The maximum Gasteiger partial charge on any atom is 0.233 e. The highest BCUT2D eigenvalue weighted by Gasteiger charge is 2.21. The van der Waals surface area contributed by atoms with Crippen LogP contribution in [0.1, 0.15) is 50.7 Å². The summed E-state index contributed by atoms with van der Waals surface area (Å²) in [5, 5.41) is 13.3. The number of carbonyl (C=O) groups excluding carboxylic acids is 1. The molecule has 0 radical (unpaired) electrons. The summed E-state index contributed by atoms with van der Waals surface area (Å²) < 4.78 is 2.20. The second-order valence-electron chi connectivity index (χ2n) is 10.1. The van der Waals surface area contributed by atoms with E-state index in [1.807, 2.05) is 13.0 Å². The molecule has 3 heterocycles. The largest absolute Gasteiger partial charge is 0.355 e. The fraction of sp³-hybridized carbons (Fsp3) is 0.448. The van der Waals surface area contributed by atoms with E-state index in [-0.39, 0.29) is 11.2 Å². The summed E-state index contributed by atoms with van der Waals surface area (Å²) >= 11 is 1.36. The molecule has 2 aromatic heterocycles. The van der Waals surface area contributed by atoms with E-state index >= 15 is 0 Å². The molecule has 1 aliphatic rings. The molecule has 4 aromatic rings. The minimum Gasteiger partial charge on any atom is -0.355 e. The first-order chi connectivity index (χ1) is 18.0. The number of benzene rings is 2. The topological polar surface area (TPSA) is 75.9 Å². The van der Waals surface area contributed by atoms with Crippen LogP contribution in [-0.2, 0) is 11.3 Å². The Balaban J connectivity index is 1.28. The number of aryl methyl sites for hydroxylation is 1. The van der Waals surface area contributed by atoms with Crippen LogP contribution in [0.5, 0.6) is 0 Å². The molecule has 1 aliphatic heterocycles. The van der Waals surface area contributed by atoms with Crippen molar-refractivity contribution in [1.82, 2.24) is 30.0 Å². The summed E-state index contributed by atoms with van der Waals surface area (Å²) in [6.07, 6.45) is 4.87. The van der Waals surface area contributed by atoms with Gasteiger partial charge in [-0.3, -0.25) is 4.79 Å². The number of hydrogen-bond acceptors (Lipinski definition) is 6. The van der Waals surface area contributed by atoms with Crippen molar-refractivity contribution in [2.45, 2.75) is 69.4 Å². The van der Waals surface area contributed by atoms with Crippen LogP contribution in [0.25, 0.3) is 22.1 Å². The van der Waals surface area contributed by atoms with E-state index in [1.165, 1.54) is 48.7 Å². The molecule has 5 rings (SSSR count). The molecule has 8 heteroatoms. The molecule has 2 aromatic carbocycles. The third kappa shape index (κ3) is 5.96. The predicted molar refractivity (Wildman–Crippen MR) is 151 cm³/mol. The van der Waals surface area contributed by atoms with E-state index in [1.54, 1.807) is 0 Å². The lowest BCUT2D eigenvalue weighted by atomic mass is 10.0. The lowest BCUT2D eigenvalue weighted by Crippen LogP contribution is -2.39. The first-order valence-corrected chi connectivity index (χ1v) is 14.2. The highest BCUT2D eigenvalue weighted by atomic mass is 32.2. The Labute approximate surface area is 223 Å². The van der Waals surface area contributed by atoms with Gasteiger partial charge in [0.15, 0.2) is 5.65 Å². The molecule has 2 atom stereocenters. The monoisotopic (exact) mass is 516 g/mol. The van der Waals surface area contributed by atoms with Gasteiger partial charge in [-0.1, -0.05) is 60.1 Å². The van der Waals surface area contributed by atoms with Gasteiger partial charge >= 0.3 is 0 Å². The number of piperidine rings is 1. The number of carbonyl (C=O) groups is 1. The minimum atomic E-state index is -0.303. The lowest BCUT2D eigenvalue weighted by molar-refractivity contribution is -0.120. The van der Waals surface area contributed by atoms with Crippen molar-refractivity contribution in [3.05, 3.63) is 59.7 Å². The maximum absolute atomic E-state index is 12.8. The first kappa shape index (κ1) is 25.7. The van der Waals surface area contributed by atoms with Gasteiger partial charge in [0.05, 0.1) is 10.8 Å². The number of hydrogen-bond donors (Lipinski definition) is 1. The molecule has 2 unspecified atom stereocenters. The Hall–Kier alpha value is -2.97. The number of amides is 1. The molecule has 0 bridgehead atoms. The van der Waals surface area contributed by atoms with Crippen LogP contribution in [0, 0.1) is 6.92 Å². The van der Waals surface area contributed by atoms with Crippen molar-refractivity contribution in [3.63, 3.8) is 0 Å². The summed E-state index contributed by atoms with van der Waals surface area (Å²) in [4.78, 5) is 20.2. The quantitative estimate of drug-likeness (QED) is 0.244. The molecule has 194 valence electrons. The van der Waals surface area contributed by atoms with Gasteiger partial charge in [-0.2, -0.15) is 0 Å². The Bertz CT molecular complexity index is 1370. The third-order valence-electron chi connectivity index (χ3n) is 7.30. The summed E-state index contributed by atoms with van der Waals surface area (Å²) in [7, 11) is 0. The SMILES string of the molecule is Cc1ccc2c(c1)c1nnc(SC(C)C(=O)NCCCN3CCCCC3C)nc1n2Cc1ccccc1. The smallest absolute Gasteiger partial charge is 0.233 e. The van der Waals surface area contributed by atoms with Crippen LogP contribution >= 0.6 is 11.8 Å². The summed E-state index contributed by atoms with van der Waals surface area (Å²) in [5.41, 5.74) is 5.04. The van der Waals surface area contributed by atoms with Crippen molar-refractivity contribution in [2.24, 2.45) is 0 Å². The second kappa shape index (κ2) is 11.6. The van der Waals surface area contributed by atoms with Crippen molar-refractivity contribution in [1.29, 1.82) is 0 Å². The molecule has 0 aliphatic carbocycles. The van der Waals surface area contributed by atoms with E-state index < -0.39 is 0 Å². The zero-order valence-corrected chi connectivity index (χ0v) is 22.8. The molecule has 1 amide bonds. The van der Waals surface area contributed by atoms with Crippen LogP contribution in [0.3, 0.4) is 0 Å². The Kier molecular flexibility index (Phi) is 8.05. The van der Waals surface area contributed by atoms with Crippen LogP contribution in [0.2, 0.25) is 0 Å².